The van der Waals surface area contributed by atoms with Crippen molar-refractivity contribution in [2.45, 2.75) is 63.8 Å². The third-order valence-corrected chi connectivity index (χ3v) is 8.87. The number of carbonyl (C=O) groups excluding carboxylic acids is 1. The first kappa shape index (κ1) is 21.4. The lowest BCUT2D eigenvalue weighted by atomic mass is 9.53. The zero-order chi connectivity index (χ0) is 21.8. The number of nitrogens with zero attached hydrogens (tertiary/aromatic N) is 1. The van der Waals surface area contributed by atoms with Gasteiger partial charge in [-0.3, -0.25) is 4.79 Å². The fourth-order valence-electron chi connectivity index (χ4n) is 7.15. The highest BCUT2D eigenvalue weighted by molar-refractivity contribution is 5.75. The normalized spacial score (nSPS) is 40.9. The Labute approximate surface area is 186 Å². The van der Waals surface area contributed by atoms with Gasteiger partial charge in [0.1, 0.15) is 6.10 Å². The number of fused-ring (bicyclic) bond motifs is 3. The maximum atomic E-state index is 12.9. The van der Waals surface area contributed by atoms with Crippen molar-refractivity contribution in [3.8, 4) is 0 Å². The minimum atomic E-state index is -0.503. The van der Waals surface area contributed by atoms with Gasteiger partial charge in [0.15, 0.2) is 0 Å². The van der Waals surface area contributed by atoms with Gasteiger partial charge >= 0.3 is 5.97 Å². The van der Waals surface area contributed by atoms with Gasteiger partial charge in [-0.05, 0) is 62.0 Å². The van der Waals surface area contributed by atoms with E-state index in [0.29, 0.717) is 18.4 Å². The quantitative estimate of drug-likeness (QED) is 0.552. The predicted molar refractivity (Wildman–Crippen MR) is 118 cm³/mol. The summed E-state index contributed by atoms with van der Waals surface area (Å²) in [7, 11) is 2.06. The van der Waals surface area contributed by atoms with Crippen molar-refractivity contribution in [1.82, 2.24) is 4.90 Å². The monoisotopic (exact) mass is 427 g/mol. The average molecular weight is 428 g/mol. The van der Waals surface area contributed by atoms with Crippen molar-refractivity contribution < 1.29 is 19.4 Å². The highest BCUT2D eigenvalue weighted by Gasteiger charge is 2.65. The van der Waals surface area contributed by atoms with Gasteiger partial charge in [-0.15, -0.1) is 0 Å². The Morgan fingerprint density at radius 1 is 1.26 bits per heavy atom. The second-order valence-electron chi connectivity index (χ2n) is 11.2. The minimum Gasteiger partial charge on any atom is -0.462 e. The highest BCUT2D eigenvalue weighted by atomic mass is 16.6. The van der Waals surface area contributed by atoms with E-state index in [2.05, 4.69) is 25.8 Å². The number of hydrogen-bond donors (Lipinski definition) is 1. The molecule has 1 aromatic carbocycles. The van der Waals surface area contributed by atoms with Gasteiger partial charge in [-0.25, -0.2) is 0 Å². The Bertz CT molecular complexity index is 809. The predicted octanol–water partition coefficient (Wildman–Crippen LogP) is 3.81. The lowest BCUT2D eigenvalue weighted by Gasteiger charge is -2.51. The smallest absolute Gasteiger partial charge is 0.310 e. The van der Waals surface area contributed by atoms with Gasteiger partial charge in [0, 0.05) is 19.0 Å². The van der Waals surface area contributed by atoms with Crippen molar-refractivity contribution >= 4 is 5.97 Å². The van der Waals surface area contributed by atoms with Crippen LogP contribution in [0.1, 0.15) is 57.6 Å². The van der Waals surface area contributed by atoms with Gasteiger partial charge in [-0.1, -0.05) is 44.2 Å². The average Bonchev–Trinajstić information content (AvgIpc) is 3.45. The van der Waals surface area contributed by atoms with Gasteiger partial charge < -0.3 is 19.5 Å². The number of carbonyl (C=O) groups is 1. The second kappa shape index (κ2) is 7.86. The summed E-state index contributed by atoms with van der Waals surface area (Å²) in [6.07, 6.45) is 5.23. The van der Waals surface area contributed by atoms with Gasteiger partial charge in [0.2, 0.25) is 0 Å². The van der Waals surface area contributed by atoms with E-state index in [9.17, 15) is 9.90 Å². The molecule has 2 aliphatic carbocycles. The largest absolute Gasteiger partial charge is 0.462 e. The van der Waals surface area contributed by atoms with E-state index < -0.39 is 6.10 Å². The molecular formula is C26H37NO4. The molecule has 1 aromatic rings. The molecule has 0 bridgehead atoms. The summed E-state index contributed by atoms with van der Waals surface area (Å²) >= 11 is 0. The molecule has 8 atom stereocenters. The number of benzene rings is 1. The molecule has 4 fully saturated rings. The topological polar surface area (TPSA) is 62.3 Å². The van der Waals surface area contributed by atoms with Crippen molar-refractivity contribution in [1.29, 1.82) is 0 Å². The zero-order valence-electron chi connectivity index (χ0n) is 19.1. The molecular weight excluding hydrogens is 390 g/mol. The number of epoxide rings is 1. The van der Waals surface area contributed by atoms with Crippen LogP contribution in [0.3, 0.4) is 0 Å². The van der Waals surface area contributed by atoms with Crippen LogP contribution >= 0.6 is 0 Å². The Kier molecular flexibility index (Phi) is 5.43. The Morgan fingerprint density at radius 3 is 2.71 bits per heavy atom. The first-order chi connectivity index (χ1) is 14.8. The van der Waals surface area contributed by atoms with E-state index in [0.717, 1.165) is 31.6 Å². The summed E-state index contributed by atoms with van der Waals surface area (Å²) in [6.45, 7) is 6.82. The molecule has 5 heteroatoms. The summed E-state index contributed by atoms with van der Waals surface area (Å²) in [5.41, 5.74) is 1.28. The molecule has 5 nitrogen and oxygen atoms in total. The van der Waals surface area contributed by atoms with Crippen LogP contribution in [-0.2, 0) is 14.3 Å². The first-order valence-corrected chi connectivity index (χ1v) is 12.1. The molecule has 170 valence electrons. The molecule has 5 rings (SSSR count). The summed E-state index contributed by atoms with van der Waals surface area (Å²) in [6, 6.07) is 9.83. The summed E-state index contributed by atoms with van der Waals surface area (Å²) in [5, 5.41) is 10.7. The molecule has 0 amide bonds. The molecule has 0 aromatic heterocycles. The van der Waals surface area contributed by atoms with Crippen molar-refractivity contribution in [2.24, 2.45) is 29.1 Å². The number of rotatable bonds is 6. The van der Waals surface area contributed by atoms with Gasteiger partial charge in [-0.2, -0.15) is 0 Å². The molecule has 31 heavy (non-hydrogen) atoms. The SMILES string of the molecule is C[C@@H](CN(C)C[C@H]1C(=O)O[C@@H]2C[C@@]3(C)CCC[C@]4(CO4)C3CC21)[C@H](O)c1ccccc1. The maximum Gasteiger partial charge on any atom is 0.310 e. The standard InChI is InChI=1S/C26H37NO4/c1-17(23(28)18-8-5-4-6-9-18)14-27(3)15-20-19-12-22-25(2,13-21(19)31-24(20)29)10-7-11-26(22)16-30-26/h4-6,8-9,17,19-23,28H,7,10-16H2,1-3H3/t17-,19?,20+,21+,22?,23-,25+,26-/m0/s1. The zero-order valence-corrected chi connectivity index (χ0v) is 19.1. The van der Waals surface area contributed by atoms with Gasteiger partial charge in [0.05, 0.1) is 24.2 Å². The van der Waals surface area contributed by atoms with Crippen molar-refractivity contribution in [3.05, 3.63) is 35.9 Å². The van der Waals surface area contributed by atoms with E-state index in [-0.39, 0.29) is 34.9 Å². The third-order valence-electron chi connectivity index (χ3n) is 8.87. The lowest BCUT2D eigenvalue weighted by Crippen LogP contribution is -2.51. The molecule has 2 aliphatic heterocycles. The Hall–Kier alpha value is -1.43. The molecule has 2 saturated heterocycles. The second-order valence-corrected chi connectivity index (χ2v) is 11.2. The number of hydrogen-bond acceptors (Lipinski definition) is 5. The van der Waals surface area contributed by atoms with E-state index in [4.69, 9.17) is 9.47 Å². The van der Waals surface area contributed by atoms with Crippen LogP contribution in [0.4, 0.5) is 0 Å². The van der Waals surface area contributed by atoms with Crippen LogP contribution in [-0.4, -0.2) is 54.4 Å². The maximum absolute atomic E-state index is 12.9. The van der Waals surface area contributed by atoms with E-state index in [1.54, 1.807) is 0 Å². The van der Waals surface area contributed by atoms with E-state index >= 15 is 0 Å². The van der Waals surface area contributed by atoms with Crippen LogP contribution < -0.4 is 0 Å². The summed E-state index contributed by atoms with van der Waals surface area (Å²) < 4.78 is 12.0. The summed E-state index contributed by atoms with van der Waals surface area (Å²) in [5.74, 6) is 0.832. The van der Waals surface area contributed by atoms with Gasteiger partial charge in [0.25, 0.3) is 0 Å². The van der Waals surface area contributed by atoms with Crippen molar-refractivity contribution in [3.63, 3.8) is 0 Å². The fraction of sp³-hybridized carbons (Fsp3) is 0.731. The Morgan fingerprint density at radius 2 is 2.00 bits per heavy atom. The number of aliphatic hydroxyl groups is 1. The lowest BCUT2D eigenvalue weighted by molar-refractivity contribution is -0.147. The molecule has 2 heterocycles. The molecule has 0 radical (unpaired) electrons. The van der Waals surface area contributed by atoms with Crippen LogP contribution in [0.15, 0.2) is 30.3 Å². The Balaban J connectivity index is 1.24. The first-order valence-electron chi connectivity index (χ1n) is 12.1. The number of ether oxygens (including phenoxy) is 2. The fourth-order valence-corrected chi connectivity index (χ4v) is 7.15. The molecule has 4 aliphatic rings. The minimum absolute atomic E-state index is 0.0221. The molecule has 2 saturated carbocycles. The van der Waals surface area contributed by atoms with E-state index in [1.165, 1.54) is 19.3 Å². The van der Waals surface area contributed by atoms with Crippen molar-refractivity contribution in [2.75, 3.05) is 26.7 Å². The van der Waals surface area contributed by atoms with E-state index in [1.807, 2.05) is 30.3 Å². The molecule has 2 unspecified atom stereocenters. The molecule has 1 N–H and O–H groups in total. The molecule has 1 spiro atoms. The number of aliphatic hydroxyl groups excluding tert-OH is 1. The third kappa shape index (κ3) is 3.83. The van der Waals surface area contributed by atoms with Crippen LogP contribution in [0.2, 0.25) is 0 Å². The van der Waals surface area contributed by atoms with Crippen LogP contribution in [0.25, 0.3) is 0 Å². The van der Waals surface area contributed by atoms with Crippen LogP contribution in [0.5, 0.6) is 0 Å². The summed E-state index contributed by atoms with van der Waals surface area (Å²) in [4.78, 5) is 15.1. The van der Waals surface area contributed by atoms with Crippen LogP contribution in [0, 0.1) is 29.1 Å². The highest BCUT2D eigenvalue weighted by Crippen LogP contribution is 2.62. The number of esters is 1.